The number of aromatic nitrogens is 1. The number of thioether (sulfide) groups is 1. The average Bonchev–Trinajstić information content (AvgIpc) is 3.57. The fourth-order valence-corrected chi connectivity index (χ4v) is 7.73. The third-order valence-corrected chi connectivity index (χ3v) is 9.80. The highest BCUT2D eigenvalue weighted by Crippen LogP contribution is 2.47. The number of allylic oxidation sites excluding steroid dienone is 2. The van der Waals surface area contributed by atoms with Crippen molar-refractivity contribution < 1.29 is 21.7 Å². The summed E-state index contributed by atoms with van der Waals surface area (Å²) in [6, 6.07) is 34.9. The van der Waals surface area contributed by atoms with Crippen LogP contribution in [0, 0.1) is 0 Å². The Morgan fingerprint density at radius 3 is 2.05 bits per heavy atom. The van der Waals surface area contributed by atoms with Crippen molar-refractivity contribution in [2.45, 2.75) is 32.2 Å². The number of anilines is 1. The van der Waals surface area contributed by atoms with Crippen LogP contribution >= 0.6 is 23.1 Å². The van der Waals surface area contributed by atoms with Gasteiger partial charge in [0.1, 0.15) is 11.2 Å². The lowest BCUT2D eigenvalue weighted by atomic mass is 10.1. The number of rotatable bonds is 8. The Labute approximate surface area is 267 Å². The van der Waals surface area contributed by atoms with Crippen molar-refractivity contribution >= 4 is 55.5 Å². The van der Waals surface area contributed by atoms with E-state index in [9.17, 15) is 13.0 Å². The topological polar surface area (TPSA) is 73.5 Å². The number of nitrogens with zero attached hydrogens (tertiary/aromatic N) is 2. The SMILES string of the molecule is CCN1C(=CC=Cc2sc3cc(-c4ccccc4)ccc3[n+]2CC)Sc2cc(-c3ccccc3)ccc21.CCOS(=O)(=O)[O-]. The zero-order valence-corrected chi connectivity index (χ0v) is 27.3. The largest absolute Gasteiger partial charge is 0.726 e. The lowest BCUT2D eigenvalue weighted by molar-refractivity contribution is -0.665. The molecule has 1 aromatic heterocycles. The molecule has 0 radical (unpaired) electrons. The summed E-state index contributed by atoms with van der Waals surface area (Å²) in [7, 11) is -4.42. The Kier molecular flexibility index (Phi) is 10.3. The van der Waals surface area contributed by atoms with Crippen LogP contribution in [0.1, 0.15) is 25.8 Å². The summed E-state index contributed by atoms with van der Waals surface area (Å²) in [5.41, 5.74) is 7.65. The molecule has 0 aliphatic carbocycles. The van der Waals surface area contributed by atoms with Crippen LogP contribution in [-0.4, -0.2) is 26.1 Å². The van der Waals surface area contributed by atoms with Crippen LogP contribution in [-0.2, 0) is 21.1 Å². The summed E-state index contributed by atoms with van der Waals surface area (Å²) < 4.78 is 35.7. The first kappa shape index (κ1) is 31.7. The maximum atomic E-state index is 9.45. The molecule has 0 spiro atoms. The van der Waals surface area contributed by atoms with Crippen molar-refractivity contribution in [3.8, 4) is 22.3 Å². The number of benzene rings is 4. The minimum atomic E-state index is -4.42. The van der Waals surface area contributed by atoms with Gasteiger partial charge in [-0.25, -0.2) is 8.42 Å². The number of hydrogen-bond acceptors (Lipinski definition) is 7. The van der Waals surface area contributed by atoms with Crippen LogP contribution < -0.4 is 9.47 Å². The van der Waals surface area contributed by atoms with E-state index in [1.807, 2.05) is 23.1 Å². The molecule has 5 aromatic rings. The molecule has 1 aliphatic heterocycles. The zero-order valence-electron chi connectivity index (χ0n) is 24.8. The van der Waals surface area contributed by atoms with Gasteiger partial charge in [0.2, 0.25) is 15.9 Å². The molecule has 2 heterocycles. The second kappa shape index (κ2) is 14.4. The molecule has 9 heteroatoms. The average molecular weight is 643 g/mol. The van der Waals surface area contributed by atoms with Crippen molar-refractivity contribution in [1.82, 2.24) is 0 Å². The predicted octanol–water partition coefficient (Wildman–Crippen LogP) is 8.51. The Bertz CT molecular complexity index is 1900. The first-order chi connectivity index (χ1) is 21.3. The highest BCUT2D eigenvalue weighted by molar-refractivity contribution is 8.03. The highest BCUT2D eigenvalue weighted by Gasteiger charge is 2.24. The maximum Gasteiger partial charge on any atom is 0.262 e. The Hall–Kier alpha value is -3.73. The zero-order chi connectivity index (χ0) is 31.1. The summed E-state index contributed by atoms with van der Waals surface area (Å²) in [6.45, 7) is 7.68. The second-order valence-corrected chi connectivity index (χ2v) is 13.0. The lowest BCUT2D eigenvalue weighted by Crippen LogP contribution is -2.33. The van der Waals surface area contributed by atoms with Gasteiger partial charge in [0, 0.05) is 23.6 Å². The summed E-state index contributed by atoms with van der Waals surface area (Å²) in [4.78, 5) is 3.73. The van der Waals surface area contributed by atoms with E-state index in [0.717, 1.165) is 13.1 Å². The number of hydrogen-bond donors (Lipinski definition) is 0. The normalized spacial score (nSPS) is 13.8. The molecule has 0 bridgehead atoms. The predicted molar refractivity (Wildman–Crippen MR) is 182 cm³/mol. The van der Waals surface area contributed by atoms with Gasteiger partial charge in [-0.05, 0) is 73.4 Å². The fourth-order valence-electron chi connectivity index (χ4n) is 5.09. The van der Waals surface area contributed by atoms with E-state index in [-0.39, 0.29) is 6.61 Å². The van der Waals surface area contributed by atoms with Crippen LogP contribution in [0.3, 0.4) is 0 Å². The quantitative estimate of drug-likeness (QED) is 0.0960. The van der Waals surface area contributed by atoms with Crippen LogP contribution in [0.25, 0.3) is 38.5 Å². The Morgan fingerprint density at radius 2 is 1.48 bits per heavy atom. The van der Waals surface area contributed by atoms with Gasteiger partial charge in [-0.1, -0.05) is 95.9 Å². The first-order valence-corrected chi connectivity index (χ1v) is 17.4. The van der Waals surface area contributed by atoms with Gasteiger partial charge >= 0.3 is 0 Å². The molecule has 1 aliphatic rings. The van der Waals surface area contributed by atoms with Crippen LogP contribution in [0.15, 0.2) is 119 Å². The van der Waals surface area contributed by atoms with Crippen molar-refractivity contribution in [1.29, 1.82) is 0 Å². The summed E-state index contributed by atoms with van der Waals surface area (Å²) in [5, 5.41) is 2.55. The Balaban J connectivity index is 0.000000493. The first-order valence-electron chi connectivity index (χ1n) is 14.5. The molecule has 0 fully saturated rings. The van der Waals surface area contributed by atoms with E-state index in [4.69, 9.17) is 0 Å². The van der Waals surface area contributed by atoms with Gasteiger partial charge in [0.05, 0.1) is 17.3 Å². The second-order valence-electron chi connectivity index (χ2n) is 9.81. The standard InChI is InChI=1S/C33H29N2S2.C2H6O4S/c1-3-34-28-20-18-26(24-12-7-5-8-13-24)22-30(28)36-32(34)16-11-17-33-35(4-2)29-21-19-27(23-31(29)37-33)25-14-9-6-10-15-25;1-2-6-7(3,4)5/h5-23H,3-4H2,1-2H3;2H2,1H3,(H,3,4,5)/q+1;/p-1. The van der Waals surface area contributed by atoms with Crippen molar-refractivity contribution in [3.05, 3.63) is 119 Å². The smallest absolute Gasteiger partial charge is 0.262 e. The minimum Gasteiger partial charge on any atom is -0.726 e. The van der Waals surface area contributed by atoms with Crippen LogP contribution in [0.4, 0.5) is 5.69 Å². The van der Waals surface area contributed by atoms with E-state index >= 15 is 0 Å². The molecule has 4 aromatic carbocycles. The molecule has 6 rings (SSSR count). The van der Waals surface area contributed by atoms with Gasteiger partial charge in [-0.2, -0.15) is 4.57 Å². The van der Waals surface area contributed by atoms with E-state index in [1.54, 1.807) is 0 Å². The summed E-state index contributed by atoms with van der Waals surface area (Å²) in [6.07, 6.45) is 6.73. The minimum absolute atomic E-state index is 0.0914. The Morgan fingerprint density at radius 1 is 0.841 bits per heavy atom. The summed E-state index contributed by atoms with van der Waals surface area (Å²) >= 11 is 3.72. The monoisotopic (exact) mass is 642 g/mol. The van der Waals surface area contributed by atoms with E-state index < -0.39 is 10.4 Å². The van der Waals surface area contributed by atoms with Gasteiger partial charge in [0.25, 0.3) is 5.01 Å². The third kappa shape index (κ3) is 7.49. The maximum absolute atomic E-state index is 9.45. The molecule has 0 atom stereocenters. The van der Waals surface area contributed by atoms with E-state index in [2.05, 4.69) is 143 Å². The summed E-state index contributed by atoms with van der Waals surface area (Å²) in [5.74, 6) is 0. The van der Waals surface area contributed by atoms with Crippen LogP contribution in [0.5, 0.6) is 0 Å². The van der Waals surface area contributed by atoms with Gasteiger partial charge in [-0.15, -0.1) is 0 Å². The molecule has 44 heavy (non-hydrogen) atoms. The van der Waals surface area contributed by atoms with Gasteiger partial charge in [0.15, 0.2) is 0 Å². The molecule has 6 nitrogen and oxygen atoms in total. The van der Waals surface area contributed by atoms with Crippen LogP contribution in [0.2, 0.25) is 0 Å². The molecule has 0 saturated carbocycles. The van der Waals surface area contributed by atoms with E-state index in [1.165, 1.54) is 60.0 Å². The van der Waals surface area contributed by atoms with Crippen molar-refractivity contribution in [2.75, 3.05) is 18.1 Å². The third-order valence-electron chi connectivity index (χ3n) is 7.05. The number of fused-ring (bicyclic) bond motifs is 2. The number of aryl methyl sites for hydroxylation is 1. The molecule has 0 unspecified atom stereocenters. The van der Waals surface area contributed by atoms with Gasteiger partial charge < -0.3 is 9.45 Å². The molecule has 226 valence electrons. The van der Waals surface area contributed by atoms with Crippen molar-refractivity contribution in [2.24, 2.45) is 0 Å². The fraction of sp³-hybridized carbons (Fsp3) is 0.171. The highest BCUT2D eigenvalue weighted by atomic mass is 32.3. The van der Waals surface area contributed by atoms with E-state index in [0.29, 0.717) is 0 Å². The molecular formula is C35H34N2O4S3. The van der Waals surface area contributed by atoms with Gasteiger partial charge in [-0.3, -0.25) is 4.18 Å². The molecule has 0 saturated heterocycles. The van der Waals surface area contributed by atoms with Crippen molar-refractivity contribution in [3.63, 3.8) is 0 Å². The lowest BCUT2D eigenvalue weighted by Gasteiger charge is -2.17. The molecule has 0 amide bonds. The number of thiazole rings is 1. The molecular weight excluding hydrogens is 609 g/mol. The molecule has 0 N–H and O–H groups in total.